The van der Waals surface area contributed by atoms with E-state index in [0.29, 0.717) is 0 Å². The lowest BCUT2D eigenvalue weighted by molar-refractivity contribution is 0.159. The van der Waals surface area contributed by atoms with Crippen molar-refractivity contribution in [2.24, 2.45) is 4.99 Å². The topological polar surface area (TPSA) is 42.9 Å². The van der Waals surface area contributed by atoms with Gasteiger partial charge < -0.3 is 20.4 Å². The van der Waals surface area contributed by atoms with E-state index >= 15 is 0 Å². The molecular weight excluding hydrogens is 461 g/mol. The molecule has 2 aliphatic heterocycles. The van der Waals surface area contributed by atoms with Crippen molar-refractivity contribution >= 4 is 35.6 Å². The first kappa shape index (κ1) is 23.0. The summed E-state index contributed by atoms with van der Waals surface area (Å²) in [6, 6.07) is 9.51. The number of benzene rings is 1. The second kappa shape index (κ2) is 12.3. The summed E-state index contributed by atoms with van der Waals surface area (Å²) in [5.74, 6) is 0.884. The molecule has 2 aliphatic rings. The molecule has 1 aromatic carbocycles. The normalized spacial score (nSPS) is 20.1. The summed E-state index contributed by atoms with van der Waals surface area (Å²) in [5, 5.41) is 6.90. The zero-order valence-corrected chi connectivity index (χ0v) is 19.7. The van der Waals surface area contributed by atoms with E-state index in [1.54, 1.807) is 0 Å². The maximum absolute atomic E-state index is 4.36. The minimum Gasteiger partial charge on any atom is -0.364 e. The molecule has 1 aromatic rings. The second-order valence-corrected chi connectivity index (χ2v) is 7.63. The van der Waals surface area contributed by atoms with Crippen LogP contribution in [0.15, 0.2) is 41.4 Å². The number of anilines is 1. The molecular formula is C22H36IN5. The number of aliphatic imine (C=N–C) groups is 1. The molecule has 0 bridgehead atoms. The van der Waals surface area contributed by atoms with Crippen molar-refractivity contribution in [2.45, 2.75) is 45.2 Å². The number of piperidine rings is 1. The van der Waals surface area contributed by atoms with Gasteiger partial charge in [-0.3, -0.25) is 4.99 Å². The fourth-order valence-corrected chi connectivity index (χ4v) is 3.94. The summed E-state index contributed by atoms with van der Waals surface area (Å²) in [5.41, 5.74) is 2.57. The molecule has 0 aromatic heterocycles. The lowest BCUT2D eigenvalue weighted by atomic mass is 10.0. The van der Waals surface area contributed by atoms with Gasteiger partial charge in [-0.1, -0.05) is 30.7 Å². The smallest absolute Gasteiger partial charge is 0.191 e. The molecule has 28 heavy (non-hydrogen) atoms. The molecule has 156 valence electrons. The number of hydrogen-bond acceptors (Lipinski definition) is 3. The van der Waals surface area contributed by atoms with Crippen molar-refractivity contribution in [3.8, 4) is 0 Å². The van der Waals surface area contributed by atoms with E-state index in [-0.39, 0.29) is 24.0 Å². The Labute approximate surface area is 187 Å². The van der Waals surface area contributed by atoms with Crippen LogP contribution >= 0.6 is 24.0 Å². The van der Waals surface area contributed by atoms with Crippen LogP contribution in [0.2, 0.25) is 0 Å². The Balaban J connectivity index is 0.00000280. The van der Waals surface area contributed by atoms with Crippen LogP contribution in [-0.2, 0) is 6.54 Å². The molecule has 1 atom stereocenters. The van der Waals surface area contributed by atoms with Gasteiger partial charge in [0, 0.05) is 51.5 Å². The molecule has 6 heteroatoms. The number of nitrogens with zero attached hydrogens (tertiary/aromatic N) is 3. The van der Waals surface area contributed by atoms with E-state index in [0.717, 1.165) is 44.6 Å². The van der Waals surface area contributed by atoms with Crippen LogP contribution in [0.4, 0.5) is 5.69 Å². The van der Waals surface area contributed by atoms with Crippen LogP contribution in [0.5, 0.6) is 0 Å². The summed E-state index contributed by atoms with van der Waals surface area (Å²) in [6.07, 6.45) is 9.70. The molecule has 1 saturated heterocycles. The minimum atomic E-state index is 0. The molecule has 5 nitrogen and oxygen atoms in total. The third kappa shape index (κ3) is 6.95. The molecule has 0 aliphatic carbocycles. The average Bonchev–Trinajstić information content (AvgIpc) is 3.24. The second-order valence-electron chi connectivity index (χ2n) is 7.63. The Morgan fingerprint density at radius 2 is 2.00 bits per heavy atom. The number of hydrogen-bond donors (Lipinski definition) is 2. The highest BCUT2D eigenvalue weighted by molar-refractivity contribution is 14.0. The Kier molecular flexibility index (Phi) is 10.1. The maximum Gasteiger partial charge on any atom is 0.191 e. The monoisotopic (exact) mass is 497 g/mol. The summed E-state index contributed by atoms with van der Waals surface area (Å²) in [6.45, 7) is 8.57. The quantitative estimate of drug-likeness (QED) is 0.199. The number of nitrogens with one attached hydrogen (secondary N) is 2. The number of halogens is 1. The zero-order chi connectivity index (χ0) is 18.9. The Morgan fingerprint density at radius 1 is 1.18 bits per heavy atom. The van der Waals surface area contributed by atoms with Crippen molar-refractivity contribution in [1.82, 2.24) is 15.5 Å². The van der Waals surface area contributed by atoms with Crippen LogP contribution in [0, 0.1) is 0 Å². The largest absolute Gasteiger partial charge is 0.364 e. The van der Waals surface area contributed by atoms with Gasteiger partial charge in [-0.2, -0.15) is 0 Å². The molecule has 0 spiro atoms. The van der Waals surface area contributed by atoms with E-state index in [4.69, 9.17) is 0 Å². The molecule has 0 radical (unpaired) electrons. The van der Waals surface area contributed by atoms with Crippen molar-refractivity contribution in [1.29, 1.82) is 0 Å². The summed E-state index contributed by atoms with van der Waals surface area (Å²) < 4.78 is 0. The minimum absolute atomic E-state index is 0. The summed E-state index contributed by atoms with van der Waals surface area (Å²) >= 11 is 0. The van der Waals surface area contributed by atoms with Crippen LogP contribution in [0.3, 0.4) is 0 Å². The zero-order valence-electron chi connectivity index (χ0n) is 17.4. The first-order valence-electron chi connectivity index (χ1n) is 10.4. The van der Waals surface area contributed by atoms with Gasteiger partial charge in [0.25, 0.3) is 0 Å². The summed E-state index contributed by atoms with van der Waals surface area (Å²) in [4.78, 5) is 9.36. The van der Waals surface area contributed by atoms with E-state index in [2.05, 4.69) is 68.8 Å². The predicted molar refractivity (Wildman–Crippen MR) is 131 cm³/mol. The van der Waals surface area contributed by atoms with E-state index in [1.807, 2.05) is 7.05 Å². The van der Waals surface area contributed by atoms with Crippen molar-refractivity contribution < 1.29 is 0 Å². The van der Waals surface area contributed by atoms with Gasteiger partial charge in [0.05, 0.1) is 0 Å². The Bertz CT molecular complexity index is 638. The first-order valence-corrected chi connectivity index (χ1v) is 10.4. The van der Waals surface area contributed by atoms with Gasteiger partial charge >= 0.3 is 0 Å². The van der Waals surface area contributed by atoms with Gasteiger partial charge in [0.1, 0.15) is 0 Å². The third-order valence-corrected chi connectivity index (χ3v) is 5.63. The molecule has 0 saturated carbocycles. The first-order chi connectivity index (χ1) is 13.3. The van der Waals surface area contributed by atoms with E-state index in [1.165, 1.54) is 43.6 Å². The third-order valence-electron chi connectivity index (χ3n) is 5.63. The highest BCUT2D eigenvalue weighted by Crippen LogP contribution is 2.18. The van der Waals surface area contributed by atoms with E-state index in [9.17, 15) is 0 Å². The van der Waals surface area contributed by atoms with Gasteiger partial charge in [0.15, 0.2) is 5.96 Å². The van der Waals surface area contributed by atoms with Gasteiger partial charge in [-0.25, -0.2) is 0 Å². The van der Waals surface area contributed by atoms with Crippen LogP contribution < -0.4 is 15.5 Å². The molecule has 1 fully saturated rings. The van der Waals surface area contributed by atoms with Crippen LogP contribution in [0.1, 0.15) is 38.2 Å². The standard InChI is InChI=1S/C22H35N5.HI/c1-19-9-3-4-13-26(19)16-8-12-24-22(23-2)25-18-20-10-7-11-21(17-20)27-14-5-6-15-27;/h5-7,10-11,17,19H,3-4,8-9,12-16,18H2,1-2H3,(H2,23,24,25);1H. The van der Waals surface area contributed by atoms with Crippen molar-refractivity contribution in [2.75, 3.05) is 44.7 Å². The summed E-state index contributed by atoms with van der Waals surface area (Å²) in [7, 11) is 1.84. The van der Waals surface area contributed by atoms with Crippen molar-refractivity contribution in [3.05, 3.63) is 42.0 Å². The molecule has 0 amide bonds. The Morgan fingerprint density at radius 3 is 2.75 bits per heavy atom. The maximum atomic E-state index is 4.36. The lowest BCUT2D eigenvalue weighted by Gasteiger charge is -2.33. The molecule has 2 heterocycles. The fraction of sp³-hybridized carbons (Fsp3) is 0.591. The van der Waals surface area contributed by atoms with Crippen LogP contribution in [0.25, 0.3) is 0 Å². The van der Waals surface area contributed by atoms with Gasteiger partial charge in [0.2, 0.25) is 0 Å². The molecule has 2 N–H and O–H groups in total. The number of guanidine groups is 1. The average molecular weight is 497 g/mol. The molecule has 1 unspecified atom stereocenters. The highest BCUT2D eigenvalue weighted by Gasteiger charge is 2.17. The predicted octanol–water partition coefficient (Wildman–Crippen LogP) is 3.61. The SMILES string of the molecule is CN=C(NCCCN1CCCCC1C)NCc1cccc(N2CC=CC2)c1.I. The Hall–Kier alpha value is -1.28. The van der Waals surface area contributed by atoms with Crippen molar-refractivity contribution in [3.63, 3.8) is 0 Å². The number of likely N-dealkylation sites (tertiary alicyclic amines) is 1. The fourth-order valence-electron chi connectivity index (χ4n) is 3.94. The lowest BCUT2D eigenvalue weighted by Crippen LogP contribution is -2.41. The van der Waals surface area contributed by atoms with Gasteiger partial charge in [-0.05, 0) is 50.4 Å². The molecule has 3 rings (SSSR count). The number of rotatable bonds is 7. The van der Waals surface area contributed by atoms with Gasteiger partial charge in [-0.15, -0.1) is 24.0 Å². The van der Waals surface area contributed by atoms with Crippen LogP contribution in [-0.4, -0.2) is 56.7 Å². The highest BCUT2D eigenvalue weighted by atomic mass is 127. The van der Waals surface area contributed by atoms with E-state index < -0.39 is 0 Å².